The minimum absolute atomic E-state index is 0.0321. The summed E-state index contributed by atoms with van der Waals surface area (Å²) in [6.45, 7) is 7.62. The summed E-state index contributed by atoms with van der Waals surface area (Å²) in [4.78, 5) is 34.3. The molecule has 2 N–H and O–H groups in total. The first kappa shape index (κ1) is 18.5. The van der Waals surface area contributed by atoms with Crippen molar-refractivity contribution in [2.75, 3.05) is 13.1 Å². The topological polar surface area (TPSA) is 84.5 Å². The fourth-order valence-corrected chi connectivity index (χ4v) is 2.59. The third kappa shape index (κ3) is 7.43. The number of carbonyl (C=O) groups excluding carboxylic acids is 3. The molecule has 0 bridgehead atoms. The van der Waals surface area contributed by atoms with Crippen molar-refractivity contribution in [1.29, 1.82) is 0 Å². The number of carbonyl (C=O) groups is 3. The molecule has 0 aromatic carbocycles. The van der Waals surface area contributed by atoms with Gasteiger partial charge in [-0.1, -0.05) is 0 Å². The average Bonchev–Trinajstić information content (AvgIpc) is 2.41. The van der Waals surface area contributed by atoms with Gasteiger partial charge < -0.3 is 15.4 Å². The van der Waals surface area contributed by atoms with E-state index in [1.807, 2.05) is 20.8 Å². The van der Waals surface area contributed by atoms with Gasteiger partial charge in [0.2, 0.25) is 5.91 Å². The van der Waals surface area contributed by atoms with E-state index in [1.54, 1.807) is 0 Å². The Morgan fingerprint density at radius 2 is 1.64 bits per heavy atom. The number of hydrogen-bond acceptors (Lipinski definition) is 4. The maximum atomic E-state index is 11.9. The second kappa shape index (κ2) is 8.15. The number of nitrogens with one attached hydrogen (secondary N) is 2. The molecule has 1 aliphatic rings. The smallest absolute Gasteiger partial charge is 0.407 e. The van der Waals surface area contributed by atoms with Gasteiger partial charge in [-0.05, 0) is 52.4 Å². The number of alkyl carbamates (subject to hydrolysis) is 1. The van der Waals surface area contributed by atoms with Gasteiger partial charge in [0.1, 0.15) is 5.60 Å². The van der Waals surface area contributed by atoms with Crippen LogP contribution in [-0.4, -0.2) is 36.5 Å². The predicted molar refractivity (Wildman–Crippen MR) is 83.4 cm³/mol. The monoisotopic (exact) mass is 312 g/mol. The highest BCUT2D eigenvalue weighted by Crippen LogP contribution is 2.28. The van der Waals surface area contributed by atoms with Crippen molar-refractivity contribution >= 4 is 17.8 Å². The fourth-order valence-electron chi connectivity index (χ4n) is 2.59. The van der Waals surface area contributed by atoms with Crippen LogP contribution < -0.4 is 10.6 Å². The zero-order valence-corrected chi connectivity index (χ0v) is 14.0. The Morgan fingerprint density at radius 3 is 2.14 bits per heavy atom. The van der Waals surface area contributed by atoms with Gasteiger partial charge in [-0.3, -0.25) is 9.59 Å². The number of hydrogen-bond donors (Lipinski definition) is 2. The van der Waals surface area contributed by atoms with Gasteiger partial charge in [0.05, 0.1) is 6.54 Å². The summed E-state index contributed by atoms with van der Waals surface area (Å²) in [6.07, 6.45) is 3.06. The maximum Gasteiger partial charge on any atom is 0.407 e. The lowest BCUT2D eigenvalue weighted by Crippen LogP contribution is -2.37. The Labute approximate surface area is 132 Å². The second-order valence-corrected chi connectivity index (χ2v) is 6.98. The van der Waals surface area contributed by atoms with Crippen LogP contribution in [0.1, 0.15) is 53.4 Å². The molecule has 0 aliphatic heterocycles. The van der Waals surface area contributed by atoms with Crippen molar-refractivity contribution in [3.05, 3.63) is 0 Å². The van der Waals surface area contributed by atoms with E-state index in [-0.39, 0.29) is 24.2 Å². The molecular weight excluding hydrogens is 284 g/mol. The summed E-state index contributed by atoms with van der Waals surface area (Å²) in [5.41, 5.74) is -0.488. The second-order valence-electron chi connectivity index (χ2n) is 6.98. The van der Waals surface area contributed by atoms with Gasteiger partial charge in [-0.25, -0.2) is 4.79 Å². The van der Waals surface area contributed by atoms with Crippen molar-refractivity contribution in [1.82, 2.24) is 10.6 Å². The molecular formula is C16H28N2O4. The molecule has 1 aliphatic carbocycles. The molecule has 0 heterocycles. The van der Waals surface area contributed by atoms with Gasteiger partial charge in [0.25, 0.3) is 0 Å². The van der Waals surface area contributed by atoms with E-state index in [4.69, 9.17) is 4.74 Å². The molecule has 0 unspecified atom stereocenters. The lowest BCUT2D eigenvalue weighted by Gasteiger charge is -2.28. The molecule has 0 aromatic heterocycles. The third-order valence-electron chi connectivity index (χ3n) is 3.75. The fraction of sp³-hybridized carbons (Fsp3) is 0.812. The van der Waals surface area contributed by atoms with Gasteiger partial charge in [-0.2, -0.15) is 0 Å². The first-order valence-electron chi connectivity index (χ1n) is 7.91. The van der Waals surface area contributed by atoms with Gasteiger partial charge >= 0.3 is 6.09 Å². The minimum Gasteiger partial charge on any atom is -0.444 e. The van der Waals surface area contributed by atoms with Crippen molar-refractivity contribution in [2.45, 2.75) is 59.0 Å². The first-order valence-corrected chi connectivity index (χ1v) is 7.91. The molecule has 2 amide bonds. The van der Waals surface area contributed by atoms with E-state index in [0.717, 1.165) is 25.7 Å². The molecule has 1 rings (SSSR count). The number of amides is 2. The van der Waals surface area contributed by atoms with Crippen LogP contribution in [0.3, 0.4) is 0 Å². The molecule has 0 radical (unpaired) electrons. The molecule has 6 heteroatoms. The SMILES string of the molecule is CC(=O)NCC(=O)C1CCC(CNC(=O)OC(C)(C)C)CC1. The van der Waals surface area contributed by atoms with Crippen LogP contribution in [0.2, 0.25) is 0 Å². The average molecular weight is 312 g/mol. The standard InChI is InChI=1S/C16H28N2O4/c1-11(19)17-10-14(20)13-7-5-12(6-8-13)9-18-15(21)22-16(2,3)4/h12-13H,5-10H2,1-4H3,(H,17,19)(H,18,21). The molecule has 1 saturated carbocycles. The van der Waals surface area contributed by atoms with Gasteiger partial charge in [-0.15, -0.1) is 0 Å². The molecule has 6 nitrogen and oxygen atoms in total. The van der Waals surface area contributed by atoms with Crippen LogP contribution in [0.15, 0.2) is 0 Å². The molecule has 0 aromatic rings. The Morgan fingerprint density at radius 1 is 1.05 bits per heavy atom. The van der Waals surface area contributed by atoms with Crippen LogP contribution >= 0.6 is 0 Å². The normalized spacial score (nSPS) is 21.8. The van der Waals surface area contributed by atoms with Gasteiger partial charge in [0.15, 0.2) is 5.78 Å². The molecule has 0 atom stereocenters. The highest BCUT2D eigenvalue weighted by molar-refractivity contribution is 5.86. The molecule has 0 spiro atoms. The molecule has 1 fully saturated rings. The molecule has 0 saturated heterocycles. The van der Waals surface area contributed by atoms with E-state index in [0.29, 0.717) is 12.5 Å². The molecule has 126 valence electrons. The summed E-state index contributed by atoms with van der Waals surface area (Å²) in [7, 11) is 0. The Balaban J connectivity index is 2.24. The molecule has 22 heavy (non-hydrogen) atoms. The van der Waals surface area contributed by atoms with E-state index in [2.05, 4.69) is 10.6 Å². The number of ether oxygens (including phenoxy) is 1. The van der Waals surface area contributed by atoms with Gasteiger partial charge in [0, 0.05) is 19.4 Å². The number of ketones is 1. The summed E-state index contributed by atoms with van der Waals surface area (Å²) < 4.78 is 5.20. The van der Waals surface area contributed by atoms with Crippen LogP contribution in [0.4, 0.5) is 4.79 Å². The zero-order valence-electron chi connectivity index (χ0n) is 14.0. The Kier molecular flexibility index (Phi) is 6.84. The third-order valence-corrected chi connectivity index (χ3v) is 3.75. The lowest BCUT2D eigenvalue weighted by molar-refractivity contribution is -0.126. The summed E-state index contributed by atoms with van der Waals surface area (Å²) in [6, 6.07) is 0. The van der Waals surface area contributed by atoms with E-state index >= 15 is 0 Å². The quantitative estimate of drug-likeness (QED) is 0.813. The van der Waals surface area contributed by atoms with Crippen molar-refractivity contribution in [3.63, 3.8) is 0 Å². The van der Waals surface area contributed by atoms with Crippen LogP contribution in [0, 0.1) is 11.8 Å². The summed E-state index contributed by atoms with van der Waals surface area (Å²) in [5.74, 6) is 0.347. The lowest BCUT2D eigenvalue weighted by atomic mass is 9.80. The summed E-state index contributed by atoms with van der Waals surface area (Å²) in [5, 5.41) is 5.34. The zero-order chi connectivity index (χ0) is 16.8. The highest BCUT2D eigenvalue weighted by atomic mass is 16.6. The minimum atomic E-state index is -0.488. The summed E-state index contributed by atoms with van der Waals surface area (Å²) >= 11 is 0. The van der Waals surface area contributed by atoms with Crippen molar-refractivity contribution in [2.24, 2.45) is 11.8 Å². The van der Waals surface area contributed by atoms with E-state index in [1.165, 1.54) is 6.92 Å². The van der Waals surface area contributed by atoms with Crippen LogP contribution in [0.5, 0.6) is 0 Å². The van der Waals surface area contributed by atoms with Crippen molar-refractivity contribution < 1.29 is 19.1 Å². The Hall–Kier alpha value is -1.59. The first-order chi connectivity index (χ1) is 10.2. The van der Waals surface area contributed by atoms with Crippen LogP contribution in [-0.2, 0) is 14.3 Å². The van der Waals surface area contributed by atoms with Crippen molar-refractivity contribution in [3.8, 4) is 0 Å². The number of rotatable bonds is 5. The van der Waals surface area contributed by atoms with E-state index in [9.17, 15) is 14.4 Å². The van der Waals surface area contributed by atoms with E-state index < -0.39 is 11.7 Å². The number of Topliss-reactive ketones (excluding diaryl/α,β-unsaturated/α-hetero) is 1. The highest BCUT2D eigenvalue weighted by Gasteiger charge is 2.26. The Bertz CT molecular complexity index is 407. The van der Waals surface area contributed by atoms with Crippen LogP contribution in [0.25, 0.3) is 0 Å². The maximum absolute atomic E-state index is 11.9. The predicted octanol–water partition coefficient (Wildman–Crippen LogP) is 2.02. The largest absolute Gasteiger partial charge is 0.444 e.